The topological polar surface area (TPSA) is 49.8 Å². The average molecular weight is 418 g/mol. The number of fused-ring (bicyclic) bond motifs is 1. The van der Waals surface area contributed by atoms with E-state index in [2.05, 4.69) is 66.4 Å². The van der Waals surface area contributed by atoms with Crippen molar-refractivity contribution in [3.8, 4) is 0 Å². The van der Waals surface area contributed by atoms with Crippen molar-refractivity contribution in [2.24, 2.45) is 0 Å². The van der Waals surface area contributed by atoms with Gasteiger partial charge < -0.3 is 14.7 Å². The summed E-state index contributed by atoms with van der Waals surface area (Å²) in [5, 5.41) is 12.4. The van der Waals surface area contributed by atoms with Crippen molar-refractivity contribution >= 4 is 22.4 Å². The first-order chi connectivity index (χ1) is 15.1. The van der Waals surface area contributed by atoms with Crippen LogP contribution in [0, 0.1) is 0 Å². The zero-order chi connectivity index (χ0) is 21.7. The number of hydrogen-bond acceptors (Lipinski definition) is 3. The van der Waals surface area contributed by atoms with E-state index in [1.165, 1.54) is 22.0 Å². The van der Waals surface area contributed by atoms with Crippen LogP contribution in [0.2, 0.25) is 0 Å². The summed E-state index contributed by atoms with van der Waals surface area (Å²) >= 11 is 0. The third-order valence-electron chi connectivity index (χ3n) is 6.64. The van der Waals surface area contributed by atoms with E-state index in [0.717, 1.165) is 31.5 Å². The van der Waals surface area contributed by atoms with E-state index >= 15 is 0 Å². The number of aryl methyl sites for hydroxylation is 1. The molecule has 1 fully saturated rings. The molecule has 0 aromatic heterocycles. The van der Waals surface area contributed by atoms with Gasteiger partial charge in [-0.05, 0) is 55.2 Å². The molecular weight excluding hydrogens is 386 g/mol. The number of anilines is 1. The van der Waals surface area contributed by atoms with Gasteiger partial charge in [0.25, 0.3) is 0 Å². The summed E-state index contributed by atoms with van der Waals surface area (Å²) in [6, 6.07) is 23.3. The monoisotopic (exact) mass is 417 g/mol. The van der Waals surface area contributed by atoms with Gasteiger partial charge in [-0.1, -0.05) is 60.7 Å². The molecule has 162 valence electrons. The Labute approximate surface area is 184 Å². The van der Waals surface area contributed by atoms with E-state index in [4.69, 9.17) is 4.74 Å². The average Bonchev–Trinajstić information content (AvgIpc) is 2.82. The van der Waals surface area contributed by atoms with Gasteiger partial charge in [0.1, 0.15) is 0 Å². The molecule has 4 heteroatoms. The van der Waals surface area contributed by atoms with Crippen molar-refractivity contribution in [3.05, 3.63) is 77.9 Å². The normalized spacial score (nSPS) is 15.6. The SMILES string of the molecule is CCN(CCCc1ccc(C2(C(=O)O)CCOCC2)cc1)c1cccc2ccccc12. The number of carboxylic acid groups (broad SMARTS) is 1. The molecule has 1 saturated heterocycles. The summed E-state index contributed by atoms with van der Waals surface area (Å²) in [7, 11) is 0. The highest BCUT2D eigenvalue weighted by Crippen LogP contribution is 2.35. The van der Waals surface area contributed by atoms with Gasteiger partial charge in [-0.2, -0.15) is 0 Å². The third-order valence-corrected chi connectivity index (χ3v) is 6.64. The minimum Gasteiger partial charge on any atom is -0.481 e. The van der Waals surface area contributed by atoms with Gasteiger partial charge in [0, 0.05) is 37.4 Å². The molecule has 3 aromatic rings. The Morgan fingerprint density at radius 2 is 1.71 bits per heavy atom. The van der Waals surface area contributed by atoms with Gasteiger partial charge in [-0.25, -0.2) is 0 Å². The largest absolute Gasteiger partial charge is 0.481 e. The minimum absolute atomic E-state index is 0.509. The molecule has 0 unspecified atom stereocenters. The van der Waals surface area contributed by atoms with Crippen molar-refractivity contribution < 1.29 is 14.6 Å². The predicted molar refractivity (Wildman–Crippen MR) is 126 cm³/mol. The molecule has 0 radical (unpaired) electrons. The third kappa shape index (κ3) is 4.45. The zero-order valence-electron chi connectivity index (χ0n) is 18.2. The molecule has 1 aliphatic rings. The molecule has 4 rings (SSSR count). The molecule has 1 N–H and O–H groups in total. The Morgan fingerprint density at radius 3 is 2.42 bits per heavy atom. The van der Waals surface area contributed by atoms with Crippen molar-refractivity contribution in [3.63, 3.8) is 0 Å². The number of hydrogen-bond donors (Lipinski definition) is 1. The predicted octanol–water partition coefficient (Wildman–Crippen LogP) is 5.43. The van der Waals surface area contributed by atoms with Crippen molar-refractivity contribution in [1.29, 1.82) is 0 Å². The number of benzene rings is 3. The van der Waals surface area contributed by atoms with E-state index in [1.807, 2.05) is 12.1 Å². The summed E-state index contributed by atoms with van der Waals surface area (Å²) in [5.74, 6) is -0.739. The van der Waals surface area contributed by atoms with Crippen LogP contribution in [0.15, 0.2) is 66.7 Å². The molecule has 31 heavy (non-hydrogen) atoms. The number of ether oxygens (including phenoxy) is 1. The highest BCUT2D eigenvalue weighted by molar-refractivity contribution is 5.94. The standard InChI is InChI=1S/C27H31NO3/c1-2-28(25-11-5-9-22-8-3-4-10-24(22)25)18-6-7-21-12-14-23(15-13-21)27(26(29)30)16-19-31-20-17-27/h3-5,8-15H,2,6-7,16-20H2,1H3,(H,29,30). The van der Waals surface area contributed by atoms with Gasteiger partial charge >= 0.3 is 5.97 Å². The second-order valence-electron chi connectivity index (χ2n) is 8.38. The van der Waals surface area contributed by atoms with E-state index in [0.29, 0.717) is 26.1 Å². The van der Waals surface area contributed by atoms with Crippen molar-refractivity contribution in [2.45, 2.75) is 38.0 Å². The molecule has 3 aromatic carbocycles. The summed E-state index contributed by atoms with van der Waals surface area (Å²) in [6.07, 6.45) is 3.11. The van der Waals surface area contributed by atoms with Crippen molar-refractivity contribution in [2.75, 3.05) is 31.2 Å². The zero-order valence-corrected chi connectivity index (χ0v) is 18.2. The molecule has 0 spiro atoms. The second kappa shape index (κ2) is 9.52. The fraction of sp³-hybridized carbons (Fsp3) is 0.370. The van der Waals surface area contributed by atoms with Crippen molar-refractivity contribution in [1.82, 2.24) is 0 Å². The fourth-order valence-electron chi connectivity index (χ4n) is 4.74. The summed E-state index contributed by atoms with van der Waals surface area (Å²) in [6.45, 7) is 5.18. The molecule has 0 amide bonds. The van der Waals surface area contributed by atoms with E-state index < -0.39 is 11.4 Å². The Bertz CT molecular complexity index is 1020. The molecule has 1 heterocycles. The van der Waals surface area contributed by atoms with Crippen LogP contribution in [0.5, 0.6) is 0 Å². The van der Waals surface area contributed by atoms with Crippen LogP contribution < -0.4 is 4.90 Å². The highest BCUT2D eigenvalue weighted by Gasteiger charge is 2.41. The number of carboxylic acids is 1. The number of carbonyl (C=O) groups is 1. The quantitative estimate of drug-likeness (QED) is 0.531. The number of rotatable bonds is 8. The first-order valence-electron chi connectivity index (χ1n) is 11.3. The molecule has 0 atom stereocenters. The maximum Gasteiger partial charge on any atom is 0.314 e. The van der Waals surface area contributed by atoms with Crippen LogP contribution >= 0.6 is 0 Å². The lowest BCUT2D eigenvalue weighted by atomic mass is 9.74. The first kappa shape index (κ1) is 21.4. The Hall–Kier alpha value is -2.85. The lowest BCUT2D eigenvalue weighted by Crippen LogP contribution is -2.41. The maximum atomic E-state index is 12.0. The molecule has 4 nitrogen and oxygen atoms in total. The molecule has 0 saturated carbocycles. The van der Waals surface area contributed by atoms with E-state index in [-0.39, 0.29) is 0 Å². The summed E-state index contributed by atoms with van der Waals surface area (Å²) in [5.41, 5.74) is 2.65. The molecule has 1 aliphatic heterocycles. The van der Waals surface area contributed by atoms with Gasteiger partial charge in [0.05, 0.1) is 5.41 Å². The highest BCUT2D eigenvalue weighted by atomic mass is 16.5. The first-order valence-corrected chi connectivity index (χ1v) is 11.3. The minimum atomic E-state index is -0.801. The number of nitrogens with zero attached hydrogens (tertiary/aromatic N) is 1. The number of aliphatic carboxylic acids is 1. The van der Waals surface area contributed by atoms with Gasteiger partial charge in [-0.3, -0.25) is 4.79 Å². The van der Waals surface area contributed by atoms with Crippen LogP contribution in [-0.4, -0.2) is 37.4 Å². The molecule has 0 bridgehead atoms. The Balaban J connectivity index is 1.41. The Morgan fingerprint density at radius 1 is 1.00 bits per heavy atom. The van der Waals surface area contributed by atoms with Crippen LogP contribution in [-0.2, 0) is 21.4 Å². The van der Waals surface area contributed by atoms with E-state index in [9.17, 15) is 9.90 Å². The summed E-state index contributed by atoms with van der Waals surface area (Å²) in [4.78, 5) is 14.5. The Kier molecular flexibility index (Phi) is 6.57. The molecule has 0 aliphatic carbocycles. The van der Waals surface area contributed by atoms with Gasteiger partial charge in [0.2, 0.25) is 0 Å². The van der Waals surface area contributed by atoms with Crippen LogP contribution in [0.25, 0.3) is 10.8 Å². The lowest BCUT2D eigenvalue weighted by molar-refractivity contribution is -0.147. The smallest absolute Gasteiger partial charge is 0.314 e. The fourth-order valence-corrected chi connectivity index (χ4v) is 4.74. The van der Waals surface area contributed by atoms with Gasteiger partial charge in [0.15, 0.2) is 0 Å². The van der Waals surface area contributed by atoms with Gasteiger partial charge in [-0.15, -0.1) is 0 Å². The van der Waals surface area contributed by atoms with Crippen LogP contribution in [0.4, 0.5) is 5.69 Å². The maximum absolute atomic E-state index is 12.0. The second-order valence-corrected chi connectivity index (χ2v) is 8.38. The van der Waals surface area contributed by atoms with E-state index in [1.54, 1.807) is 0 Å². The lowest BCUT2D eigenvalue weighted by Gasteiger charge is -2.33. The van der Waals surface area contributed by atoms with Crippen LogP contribution in [0.3, 0.4) is 0 Å². The summed E-state index contributed by atoms with van der Waals surface area (Å²) < 4.78 is 5.40. The molecular formula is C27H31NO3. The van der Waals surface area contributed by atoms with Crippen LogP contribution in [0.1, 0.15) is 37.3 Å².